The van der Waals surface area contributed by atoms with Crippen molar-refractivity contribution in [3.8, 4) is 0 Å². The highest BCUT2D eigenvalue weighted by Gasteiger charge is 2.14. The van der Waals surface area contributed by atoms with E-state index in [1.54, 1.807) is 0 Å². The Balaban J connectivity index is 2.16. The molecule has 4 nitrogen and oxygen atoms in total. The van der Waals surface area contributed by atoms with Crippen LogP contribution in [0.1, 0.15) is 24.7 Å². The molecule has 1 aromatic heterocycles. The van der Waals surface area contributed by atoms with Crippen molar-refractivity contribution in [2.75, 3.05) is 0 Å². The molecular weight excluding hydrogens is 236 g/mol. The van der Waals surface area contributed by atoms with Gasteiger partial charge in [0.1, 0.15) is 5.84 Å². The van der Waals surface area contributed by atoms with Crippen LogP contribution in [0.3, 0.4) is 0 Å². The van der Waals surface area contributed by atoms with Gasteiger partial charge in [-0.1, -0.05) is 12.1 Å². The average molecular weight is 252 g/mol. The molecule has 0 saturated carbocycles. The third kappa shape index (κ3) is 2.21. The molecule has 0 amide bonds. The first-order valence-corrected chi connectivity index (χ1v) is 6.38. The zero-order valence-corrected chi connectivity index (χ0v) is 11.4. The Labute approximate surface area is 112 Å². The monoisotopic (exact) mass is 252 g/mol. The number of benzene rings is 1. The van der Waals surface area contributed by atoms with Crippen LogP contribution in [0, 0.1) is 13.8 Å². The summed E-state index contributed by atoms with van der Waals surface area (Å²) in [6, 6.07) is 10.0. The number of aromatic nitrogens is 2. The molecule has 96 valence electrons. The first-order valence-electron chi connectivity index (χ1n) is 6.38. The molecule has 0 radical (unpaired) electrons. The molecule has 0 N–H and O–H groups in total. The maximum atomic E-state index is 4.74. The van der Waals surface area contributed by atoms with Crippen molar-refractivity contribution in [2.24, 2.45) is 9.98 Å². The molecule has 1 aromatic carbocycles. The normalized spacial score (nSPS) is 14.5. The van der Waals surface area contributed by atoms with E-state index in [4.69, 9.17) is 4.99 Å². The number of aryl methyl sites for hydroxylation is 2. The quantitative estimate of drug-likeness (QED) is 0.706. The molecule has 19 heavy (non-hydrogen) atoms. The van der Waals surface area contributed by atoms with Crippen LogP contribution in [0.4, 0.5) is 11.4 Å². The number of rotatable bonds is 0. The minimum atomic E-state index is 0.719. The van der Waals surface area contributed by atoms with Crippen LogP contribution in [-0.4, -0.2) is 21.3 Å². The number of hydrogen-bond acceptors (Lipinski definition) is 3. The number of hydrogen-bond donors (Lipinski definition) is 0. The lowest BCUT2D eigenvalue weighted by atomic mass is 10.2. The van der Waals surface area contributed by atoms with Crippen molar-refractivity contribution in [3.63, 3.8) is 0 Å². The van der Waals surface area contributed by atoms with Crippen molar-refractivity contribution in [1.82, 2.24) is 9.78 Å². The molecular formula is C15H16N4. The van der Waals surface area contributed by atoms with Gasteiger partial charge in [-0.05, 0) is 39.0 Å². The highest BCUT2D eigenvalue weighted by atomic mass is 15.3. The molecule has 0 atom stereocenters. The minimum absolute atomic E-state index is 0.719. The van der Waals surface area contributed by atoms with Crippen LogP contribution in [0.5, 0.6) is 0 Å². The van der Waals surface area contributed by atoms with Crippen molar-refractivity contribution in [1.29, 1.82) is 0 Å². The molecule has 0 saturated heterocycles. The van der Waals surface area contributed by atoms with Crippen LogP contribution < -0.4 is 0 Å². The second kappa shape index (κ2) is 4.46. The highest BCUT2D eigenvalue weighted by Crippen LogP contribution is 2.30. The standard InChI is InChI=1S/C15H16N4/c1-10-9-15(19-12(3)8-11(2)18-19)17-14-7-5-4-6-13(14)16-10/h4-8H,9H2,1-3H3. The molecule has 0 bridgehead atoms. The van der Waals surface area contributed by atoms with Gasteiger partial charge in [0.2, 0.25) is 0 Å². The fourth-order valence-corrected chi connectivity index (χ4v) is 2.32. The van der Waals surface area contributed by atoms with E-state index in [1.165, 1.54) is 0 Å². The summed E-state index contributed by atoms with van der Waals surface area (Å²) in [6.07, 6.45) is 0.719. The average Bonchev–Trinajstić information content (AvgIpc) is 2.60. The Morgan fingerprint density at radius 2 is 1.68 bits per heavy atom. The second-order valence-corrected chi connectivity index (χ2v) is 4.88. The molecule has 3 rings (SSSR count). The summed E-state index contributed by atoms with van der Waals surface area (Å²) in [5.74, 6) is 0.928. The van der Waals surface area contributed by atoms with Gasteiger partial charge in [0.25, 0.3) is 0 Å². The summed E-state index contributed by atoms with van der Waals surface area (Å²) < 4.78 is 1.91. The Hall–Kier alpha value is -2.23. The summed E-state index contributed by atoms with van der Waals surface area (Å²) >= 11 is 0. The summed E-state index contributed by atoms with van der Waals surface area (Å²) in [5, 5.41) is 4.51. The molecule has 0 unspecified atom stereocenters. The van der Waals surface area contributed by atoms with Crippen LogP contribution >= 0.6 is 0 Å². The molecule has 0 fully saturated rings. The SMILES string of the molecule is CC1=Nc2ccccc2N=C(n2nc(C)cc2C)C1. The Morgan fingerprint density at radius 3 is 2.32 bits per heavy atom. The van der Waals surface area contributed by atoms with Crippen LogP contribution in [0.2, 0.25) is 0 Å². The third-order valence-corrected chi connectivity index (χ3v) is 3.11. The van der Waals surface area contributed by atoms with Gasteiger partial charge < -0.3 is 0 Å². The lowest BCUT2D eigenvalue weighted by Gasteiger charge is -2.06. The smallest absolute Gasteiger partial charge is 0.136 e. The molecule has 2 heterocycles. The zero-order chi connectivity index (χ0) is 13.4. The summed E-state index contributed by atoms with van der Waals surface area (Å²) in [5.41, 5.74) is 4.99. The number of nitrogens with zero attached hydrogens (tertiary/aromatic N) is 4. The lowest BCUT2D eigenvalue weighted by Crippen LogP contribution is -2.17. The van der Waals surface area contributed by atoms with Crippen LogP contribution in [0.15, 0.2) is 40.3 Å². The maximum Gasteiger partial charge on any atom is 0.136 e. The first-order chi connectivity index (χ1) is 9.13. The summed E-state index contributed by atoms with van der Waals surface area (Å²) in [4.78, 5) is 9.35. The summed E-state index contributed by atoms with van der Waals surface area (Å²) in [7, 11) is 0. The van der Waals surface area contributed by atoms with Gasteiger partial charge in [0.05, 0.1) is 17.1 Å². The van der Waals surface area contributed by atoms with Gasteiger partial charge >= 0.3 is 0 Å². The van der Waals surface area contributed by atoms with Gasteiger partial charge in [-0.25, -0.2) is 9.67 Å². The van der Waals surface area contributed by atoms with Crippen molar-refractivity contribution >= 4 is 22.9 Å². The van der Waals surface area contributed by atoms with E-state index in [9.17, 15) is 0 Å². The van der Waals surface area contributed by atoms with E-state index in [-0.39, 0.29) is 0 Å². The largest absolute Gasteiger partial charge is 0.255 e. The third-order valence-electron chi connectivity index (χ3n) is 3.11. The first kappa shape index (κ1) is 11.8. The topological polar surface area (TPSA) is 42.5 Å². The lowest BCUT2D eigenvalue weighted by molar-refractivity contribution is 0.869. The van der Waals surface area contributed by atoms with E-state index in [0.29, 0.717) is 0 Å². The fraction of sp³-hybridized carbons (Fsp3) is 0.267. The molecule has 0 spiro atoms. The summed E-state index contributed by atoms with van der Waals surface area (Å²) in [6.45, 7) is 6.07. The van der Waals surface area contributed by atoms with E-state index < -0.39 is 0 Å². The molecule has 4 heteroatoms. The zero-order valence-electron chi connectivity index (χ0n) is 11.4. The van der Waals surface area contributed by atoms with Crippen molar-refractivity contribution in [3.05, 3.63) is 41.7 Å². The molecule has 1 aliphatic heterocycles. The Morgan fingerprint density at radius 1 is 1.00 bits per heavy atom. The molecule has 2 aromatic rings. The molecule has 0 aliphatic carbocycles. The predicted octanol–water partition coefficient (Wildman–Crippen LogP) is 3.57. The van der Waals surface area contributed by atoms with Crippen molar-refractivity contribution in [2.45, 2.75) is 27.2 Å². The van der Waals surface area contributed by atoms with E-state index in [0.717, 1.165) is 40.7 Å². The van der Waals surface area contributed by atoms with Crippen LogP contribution in [-0.2, 0) is 0 Å². The highest BCUT2D eigenvalue weighted by molar-refractivity contribution is 6.07. The second-order valence-electron chi connectivity index (χ2n) is 4.88. The van der Waals surface area contributed by atoms with Gasteiger partial charge in [-0.3, -0.25) is 4.99 Å². The van der Waals surface area contributed by atoms with Crippen LogP contribution in [0.25, 0.3) is 0 Å². The fourth-order valence-electron chi connectivity index (χ4n) is 2.32. The molecule has 1 aliphatic rings. The van der Waals surface area contributed by atoms with E-state index in [1.807, 2.05) is 49.7 Å². The number of fused-ring (bicyclic) bond motifs is 1. The Kier molecular flexibility index (Phi) is 2.78. The van der Waals surface area contributed by atoms with E-state index >= 15 is 0 Å². The number of aliphatic imine (C=N–C) groups is 2. The van der Waals surface area contributed by atoms with Gasteiger partial charge in [-0.15, -0.1) is 0 Å². The van der Waals surface area contributed by atoms with E-state index in [2.05, 4.69) is 16.2 Å². The predicted molar refractivity (Wildman–Crippen MR) is 78.0 cm³/mol. The number of para-hydroxylation sites is 2. The van der Waals surface area contributed by atoms with Gasteiger partial charge in [0.15, 0.2) is 0 Å². The van der Waals surface area contributed by atoms with Crippen molar-refractivity contribution < 1.29 is 0 Å². The minimum Gasteiger partial charge on any atom is -0.255 e. The van der Waals surface area contributed by atoms with Gasteiger partial charge in [0, 0.05) is 17.8 Å². The Bertz CT molecular complexity index is 692. The van der Waals surface area contributed by atoms with Gasteiger partial charge in [-0.2, -0.15) is 5.10 Å². The maximum absolute atomic E-state index is 4.74.